The predicted molar refractivity (Wildman–Crippen MR) is 142 cm³/mol. The maximum absolute atomic E-state index is 14.1. The van der Waals surface area contributed by atoms with Crippen LogP contribution >= 0.6 is 11.6 Å². The summed E-state index contributed by atoms with van der Waals surface area (Å²) >= 11 is 6.19. The number of pyridine rings is 3. The maximum Gasteiger partial charge on any atom is 0.256 e. The molecule has 2 aliphatic rings. The van der Waals surface area contributed by atoms with E-state index in [1.807, 2.05) is 55.1 Å². The van der Waals surface area contributed by atoms with E-state index in [0.29, 0.717) is 35.1 Å². The van der Waals surface area contributed by atoms with E-state index in [9.17, 15) is 4.79 Å². The topological polar surface area (TPSA) is 88.0 Å². The fourth-order valence-electron chi connectivity index (χ4n) is 5.45. The fourth-order valence-corrected chi connectivity index (χ4v) is 5.62. The van der Waals surface area contributed by atoms with Crippen molar-refractivity contribution in [1.82, 2.24) is 29.8 Å². The molecule has 2 saturated heterocycles. The molecule has 9 heteroatoms. The molecule has 4 aromatic heterocycles. The number of likely N-dealkylation sites (tertiary alicyclic amines) is 1. The zero-order valence-corrected chi connectivity index (χ0v) is 21.4. The minimum atomic E-state index is -0.0529. The molecular formula is C28H26ClN7O. The van der Waals surface area contributed by atoms with E-state index in [1.165, 1.54) is 0 Å². The highest BCUT2D eigenvalue weighted by Crippen LogP contribution is 2.35. The van der Waals surface area contributed by atoms with Crippen LogP contribution in [0.4, 0.5) is 5.95 Å². The van der Waals surface area contributed by atoms with Crippen molar-refractivity contribution in [3.63, 3.8) is 0 Å². The highest BCUT2D eigenvalue weighted by Gasteiger charge is 2.43. The first-order valence-electron chi connectivity index (χ1n) is 12.4. The van der Waals surface area contributed by atoms with Gasteiger partial charge in [0, 0.05) is 72.5 Å². The van der Waals surface area contributed by atoms with Crippen LogP contribution in [0.25, 0.3) is 22.5 Å². The molecule has 6 heterocycles. The van der Waals surface area contributed by atoms with Crippen molar-refractivity contribution >= 4 is 23.5 Å². The number of piperazine rings is 1. The minimum absolute atomic E-state index is 0.0529. The Morgan fingerprint density at radius 3 is 2.32 bits per heavy atom. The Morgan fingerprint density at radius 1 is 0.919 bits per heavy atom. The van der Waals surface area contributed by atoms with E-state index in [1.54, 1.807) is 24.8 Å². The molecule has 186 valence electrons. The molecule has 0 aromatic carbocycles. The Balaban J connectivity index is 1.35. The molecule has 0 aliphatic carbocycles. The van der Waals surface area contributed by atoms with Crippen molar-refractivity contribution in [2.75, 3.05) is 18.0 Å². The number of fused-ring (bicyclic) bond motifs is 2. The second-order valence-electron chi connectivity index (χ2n) is 9.68. The number of carbonyl (C=O) groups is 1. The Kier molecular flexibility index (Phi) is 6.04. The summed E-state index contributed by atoms with van der Waals surface area (Å²) in [6.07, 6.45) is 8.77. The van der Waals surface area contributed by atoms with Crippen molar-refractivity contribution < 1.29 is 4.79 Å². The third-order valence-electron chi connectivity index (χ3n) is 7.03. The van der Waals surface area contributed by atoms with Crippen molar-refractivity contribution in [1.29, 1.82) is 0 Å². The van der Waals surface area contributed by atoms with Gasteiger partial charge >= 0.3 is 0 Å². The summed E-state index contributed by atoms with van der Waals surface area (Å²) in [5.74, 6) is 0.714. The number of anilines is 1. The number of hydrogen-bond donors (Lipinski definition) is 0. The lowest BCUT2D eigenvalue weighted by atomic mass is 10.0. The molecular weight excluding hydrogens is 486 g/mol. The molecule has 37 heavy (non-hydrogen) atoms. The van der Waals surface area contributed by atoms with Gasteiger partial charge in [0.05, 0.1) is 16.3 Å². The van der Waals surface area contributed by atoms with Gasteiger partial charge in [0.25, 0.3) is 5.91 Å². The van der Waals surface area contributed by atoms with E-state index in [4.69, 9.17) is 26.6 Å². The molecule has 2 atom stereocenters. The predicted octanol–water partition coefficient (Wildman–Crippen LogP) is 4.76. The second kappa shape index (κ2) is 9.52. The van der Waals surface area contributed by atoms with Gasteiger partial charge < -0.3 is 9.80 Å². The lowest BCUT2D eigenvalue weighted by Gasteiger charge is -2.41. The first-order chi connectivity index (χ1) is 18.0. The van der Waals surface area contributed by atoms with Crippen LogP contribution in [0.5, 0.6) is 0 Å². The number of amides is 1. The van der Waals surface area contributed by atoms with Crippen LogP contribution in [0.3, 0.4) is 0 Å². The first kappa shape index (κ1) is 23.5. The van der Waals surface area contributed by atoms with Crippen molar-refractivity contribution in [3.8, 4) is 22.5 Å². The molecule has 2 bridgehead atoms. The summed E-state index contributed by atoms with van der Waals surface area (Å²) < 4.78 is 0. The smallest absolute Gasteiger partial charge is 0.256 e. The van der Waals surface area contributed by atoms with Gasteiger partial charge in [-0.1, -0.05) is 17.7 Å². The Labute approximate surface area is 220 Å². The number of nitrogens with zero attached hydrogens (tertiary/aromatic N) is 7. The molecule has 2 fully saturated rings. The number of aryl methyl sites for hydroxylation is 2. The van der Waals surface area contributed by atoms with Gasteiger partial charge in [-0.05, 0) is 57.0 Å². The third kappa shape index (κ3) is 4.53. The number of rotatable bonds is 4. The fraction of sp³-hybridized carbons (Fsp3) is 0.286. The van der Waals surface area contributed by atoms with Gasteiger partial charge in [-0.3, -0.25) is 19.7 Å². The number of carbonyl (C=O) groups excluding carboxylic acids is 1. The zero-order valence-electron chi connectivity index (χ0n) is 20.7. The van der Waals surface area contributed by atoms with E-state index >= 15 is 0 Å². The van der Waals surface area contributed by atoms with Gasteiger partial charge in [-0.2, -0.15) is 0 Å². The monoisotopic (exact) mass is 511 g/mol. The lowest BCUT2D eigenvalue weighted by Crippen LogP contribution is -2.56. The Hall–Kier alpha value is -3.91. The van der Waals surface area contributed by atoms with Gasteiger partial charge in [0.15, 0.2) is 0 Å². The summed E-state index contributed by atoms with van der Waals surface area (Å²) in [4.78, 5) is 41.1. The average Bonchev–Trinajstić information content (AvgIpc) is 3.17. The Morgan fingerprint density at radius 2 is 1.65 bits per heavy atom. The van der Waals surface area contributed by atoms with Crippen molar-refractivity contribution in [3.05, 3.63) is 83.2 Å². The van der Waals surface area contributed by atoms with Gasteiger partial charge in [0.2, 0.25) is 5.95 Å². The van der Waals surface area contributed by atoms with Crippen LogP contribution in [0.15, 0.2) is 61.2 Å². The molecule has 1 amide bonds. The van der Waals surface area contributed by atoms with Crippen LogP contribution in [0.1, 0.15) is 34.6 Å². The summed E-state index contributed by atoms with van der Waals surface area (Å²) in [6, 6.07) is 11.7. The summed E-state index contributed by atoms with van der Waals surface area (Å²) in [6.45, 7) is 5.20. The molecule has 0 radical (unpaired) electrons. The summed E-state index contributed by atoms with van der Waals surface area (Å²) in [5, 5.41) is 0.528. The van der Waals surface area contributed by atoms with Gasteiger partial charge in [0.1, 0.15) is 5.69 Å². The summed E-state index contributed by atoms with van der Waals surface area (Å²) in [5.41, 5.74) is 5.25. The number of halogens is 1. The highest BCUT2D eigenvalue weighted by atomic mass is 35.5. The lowest BCUT2D eigenvalue weighted by molar-refractivity contribution is 0.0717. The van der Waals surface area contributed by atoms with Gasteiger partial charge in [-0.15, -0.1) is 0 Å². The normalized spacial score (nSPS) is 18.8. The molecule has 4 aromatic rings. The van der Waals surface area contributed by atoms with Crippen LogP contribution in [0.2, 0.25) is 5.02 Å². The molecule has 6 rings (SSSR count). The van der Waals surface area contributed by atoms with Gasteiger partial charge in [-0.25, -0.2) is 9.97 Å². The minimum Gasteiger partial charge on any atom is -0.334 e. The summed E-state index contributed by atoms with van der Waals surface area (Å²) in [7, 11) is 0. The molecule has 0 N–H and O–H groups in total. The van der Waals surface area contributed by atoms with E-state index in [-0.39, 0.29) is 18.0 Å². The number of aromatic nitrogens is 5. The standard InChI is InChI=1S/C28H26ClN7O/c1-17-9-18(2)34-28(33-17)36-22-6-7-23(36)16-35(15-22)27(37)24-11-20(19-10-21(29)14-30-12-19)13-32-26(24)25-5-3-4-8-31-25/h3-5,8-14,22-23H,6-7,15-16H2,1-2H3. The SMILES string of the molecule is Cc1cc(C)nc(N2C3CCC2CN(C(=O)c2cc(-c4cncc(Cl)c4)cnc2-c2ccccn2)C3)n1. The van der Waals surface area contributed by atoms with E-state index in [2.05, 4.69) is 14.9 Å². The van der Waals surface area contributed by atoms with Crippen molar-refractivity contribution in [2.45, 2.75) is 38.8 Å². The zero-order chi connectivity index (χ0) is 25.5. The molecule has 2 unspecified atom stereocenters. The van der Waals surface area contributed by atoms with Crippen LogP contribution in [-0.4, -0.2) is 60.9 Å². The maximum atomic E-state index is 14.1. The largest absolute Gasteiger partial charge is 0.334 e. The van der Waals surface area contributed by atoms with Crippen LogP contribution < -0.4 is 4.90 Å². The molecule has 2 aliphatic heterocycles. The molecule has 8 nitrogen and oxygen atoms in total. The van der Waals surface area contributed by atoms with Crippen LogP contribution in [-0.2, 0) is 0 Å². The first-order valence-corrected chi connectivity index (χ1v) is 12.8. The third-order valence-corrected chi connectivity index (χ3v) is 7.24. The molecule has 0 spiro atoms. The average molecular weight is 512 g/mol. The van der Waals surface area contributed by atoms with Crippen LogP contribution in [0, 0.1) is 13.8 Å². The Bertz CT molecular complexity index is 1440. The second-order valence-corrected chi connectivity index (χ2v) is 10.1. The molecule has 0 saturated carbocycles. The highest BCUT2D eigenvalue weighted by molar-refractivity contribution is 6.30. The van der Waals surface area contributed by atoms with E-state index in [0.717, 1.165) is 41.3 Å². The van der Waals surface area contributed by atoms with Crippen molar-refractivity contribution in [2.24, 2.45) is 0 Å². The quantitative estimate of drug-likeness (QED) is 0.390. The number of hydrogen-bond acceptors (Lipinski definition) is 7. The van der Waals surface area contributed by atoms with E-state index < -0.39 is 0 Å².